The highest BCUT2D eigenvalue weighted by Gasteiger charge is 2.11. The van der Waals surface area contributed by atoms with Gasteiger partial charge in [-0.2, -0.15) is 0 Å². The molecule has 1 rings (SSSR count). The summed E-state index contributed by atoms with van der Waals surface area (Å²) in [6.45, 7) is 8.27. The van der Waals surface area contributed by atoms with Crippen LogP contribution < -0.4 is 5.32 Å². The molecule has 1 heterocycles. The molecule has 1 fully saturated rings. The van der Waals surface area contributed by atoms with Crippen LogP contribution in [0.1, 0.15) is 33.6 Å². The second-order valence-corrected chi connectivity index (χ2v) is 2.49. The molecule has 1 heteroatoms. The fourth-order valence-electron chi connectivity index (χ4n) is 1.14. The van der Waals surface area contributed by atoms with Crippen molar-refractivity contribution in [3.63, 3.8) is 0 Å². The van der Waals surface area contributed by atoms with Crippen LogP contribution in [0.5, 0.6) is 0 Å². The van der Waals surface area contributed by atoms with Crippen molar-refractivity contribution in [2.24, 2.45) is 5.92 Å². The highest BCUT2D eigenvalue weighted by Crippen LogP contribution is 2.10. The van der Waals surface area contributed by atoms with Gasteiger partial charge in [0.2, 0.25) is 0 Å². The largest absolute Gasteiger partial charge is 0.316 e. The Morgan fingerprint density at radius 1 is 1.45 bits per heavy atom. The molecule has 0 radical (unpaired) electrons. The number of hydrogen-bond acceptors (Lipinski definition) is 1. The monoisotopic (exact) mass is 153 g/mol. The molecular weight excluding hydrogens is 134 g/mol. The maximum Gasteiger partial charge on any atom is 0.0129 e. The molecular formula is C10H19N. The van der Waals surface area contributed by atoms with Crippen molar-refractivity contribution >= 4 is 0 Å². The van der Waals surface area contributed by atoms with E-state index in [9.17, 15) is 0 Å². The van der Waals surface area contributed by atoms with Gasteiger partial charge in [-0.05, 0) is 32.4 Å². The zero-order valence-corrected chi connectivity index (χ0v) is 7.91. The molecule has 1 nitrogen and oxygen atoms in total. The zero-order chi connectivity index (χ0) is 8.53. The van der Waals surface area contributed by atoms with E-state index in [4.69, 9.17) is 0 Å². The molecule has 1 atom stereocenters. The molecule has 1 N–H and O–H groups in total. The zero-order valence-electron chi connectivity index (χ0n) is 7.91. The van der Waals surface area contributed by atoms with Crippen molar-refractivity contribution in [2.75, 3.05) is 13.1 Å². The molecule has 0 aromatic rings. The van der Waals surface area contributed by atoms with Gasteiger partial charge in [-0.25, -0.2) is 0 Å². The summed E-state index contributed by atoms with van der Waals surface area (Å²) < 4.78 is 0. The minimum atomic E-state index is 0.831. The minimum Gasteiger partial charge on any atom is -0.316 e. The van der Waals surface area contributed by atoms with Crippen LogP contribution >= 0.6 is 0 Å². The fraction of sp³-hybridized carbons (Fsp3) is 0.800. The Balaban J connectivity index is 0.000000461. The van der Waals surface area contributed by atoms with Gasteiger partial charge in [0, 0.05) is 6.42 Å². The highest BCUT2D eigenvalue weighted by atomic mass is 14.9. The van der Waals surface area contributed by atoms with E-state index in [-0.39, 0.29) is 0 Å². The van der Waals surface area contributed by atoms with Crippen LogP contribution in [0.25, 0.3) is 0 Å². The Hall–Kier alpha value is -0.480. The van der Waals surface area contributed by atoms with Crippen LogP contribution in [0.4, 0.5) is 0 Å². The van der Waals surface area contributed by atoms with Crippen LogP contribution in [-0.4, -0.2) is 13.1 Å². The number of hydrogen-bond donors (Lipinski definition) is 1. The molecule has 0 spiro atoms. The van der Waals surface area contributed by atoms with E-state index in [1.807, 2.05) is 20.8 Å². The third-order valence-electron chi connectivity index (χ3n) is 1.73. The topological polar surface area (TPSA) is 12.0 Å². The molecule has 1 saturated heterocycles. The summed E-state index contributed by atoms with van der Waals surface area (Å²) in [6.07, 6.45) is 2.40. The Morgan fingerprint density at radius 3 is 2.64 bits per heavy atom. The molecule has 0 aliphatic carbocycles. The van der Waals surface area contributed by atoms with Crippen LogP contribution in [-0.2, 0) is 0 Å². The quantitative estimate of drug-likeness (QED) is 0.568. The molecule has 1 unspecified atom stereocenters. The molecule has 1 aliphatic heterocycles. The fourth-order valence-corrected chi connectivity index (χ4v) is 1.14. The second-order valence-electron chi connectivity index (χ2n) is 2.49. The summed E-state index contributed by atoms with van der Waals surface area (Å²) in [5, 5.41) is 3.31. The number of rotatable bonds is 1. The van der Waals surface area contributed by atoms with Crippen LogP contribution in [0, 0.1) is 17.8 Å². The van der Waals surface area contributed by atoms with E-state index in [0.29, 0.717) is 0 Å². The first-order valence-electron chi connectivity index (χ1n) is 4.54. The van der Waals surface area contributed by atoms with Gasteiger partial charge in [0.15, 0.2) is 0 Å². The lowest BCUT2D eigenvalue weighted by atomic mass is 10.1. The number of nitrogens with one attached hydrogen (secondary N) is 1. The van der Waals surface area contributed by atoms with E-state index in [2.05, 4.69) is 17.2 Å². The van der Waals surface area contributed by atoms with Crippen LogP contribution in [0.3, 0.4) is 0 Å². The third-order valence-corrected chi connectivity index (χ3v) is 1.73. The van der Waals surface area contributed by atoms with Crippen molar-refractivity contribution in [3.05, 3.63) is 0 Å². The van der Waals surface area contributed by atoms with Gasteiger partial charge in [-0.1, -0.05) is 13.8 Å². The molecule has 0 aromatic heterocycles. The Labute approximate surface area is 70.6 Å². The van der Waals surface area contributed by atoms with Gasteiger partial charge in [-0.3, -0.25) is 0 Å². The Kier molecular flexibility index (Phi) is 7.29. The van der Waals surface area contributed by atoms with Crippen LogP contribution in [0.15, 0.2) is 0 Å². The predicted octanol–water partition coefficient (Wildman–Crippen LogP) is 2.04. The van der Waals surface area contributed by atoms with Crippen molar-refractivity contribution in [3.8, 4) is 11.8 Å². The summed E-state index contributed by atoms with van der Waals surface area (Å²) in [5.41, 5.74) is 0. The van der Waals surface area contributed by atoms with Crippen molar-refractivity contribution in [2.45, 2.75) is 33.6 Å². The lowest BCUT2D eigenvalue weighted by molar-refractivity contribution is 0.602. The first kappa shape index (κ1) is 10.5. The van der Waals surface area contributed by atoms with E-state index < -0.39 is 0 Å². The molecule has 0 aromatic carbocycles. The van der Waals surface area contributed by atoms with Crippen molar-refractivity contribution in [1.29, 1.82) is 0 Å². The smallest absolute Gasteiger partial charge is 0.0129 e. The first-order chi connectivity index (χ1) is 5.43. The minimum absolute atomic E-state index is 0.831. The Bertz CT molecular complexity index is 124. The highest BCUT2D eigenvalue weighted by molar-refractivity contribution is 4.97. The average Bonchev–Trinajstić information content (AvgIpc) is 2.57. The maximum atomic E-state index is 3.31. The maximum absolute atomic E-state index is 3.31. The standard InChI is InChI=1S/C8H13N.C2H6/c1-2-3-4-8-5-6-9-7-8;1-2/h8-9H,4-7H2,1H3;1-2H3. The van der Waals surface area contributed by atoms with Gasteiger partial charge >= 0.3 is 0 Å². The van der Waals surface area contributed by atoms with E-state index >= 15 is 0 Å². The summed E-state index contributed by atoms with van der Waals surface area (Å²) in [7, 11) is 0. The third kappa shape index (κ3) is 4.86. The molecule has 11 heavy (non-hydrogen) atoms. The van der Waals surface area contributed by atoms with Crippen molar-refractivity contribution < 1.29 is 0 Å². The summed E-state index contributed by atoms with van der Waals surface area (Å²) in [4.78, 5) is 0. The summed E-state index contributed by atoms with van der Waals surface area (Å²) in [5.74, 6) is 6.85. The normalized spacial score (nSPS) is 21.2. The SMILES string of the molecule is CC.CC#CCC1CCNC1. The molecule has 0 bridgehead atoms. The van der Waals surface area contributed by atoms with E-state index in [0.717, 1.165) is 12.3 Å². The van der Waals surface area contributed by atoms with E-state index in [1.165, 1.54) is 19.5 Å². The van der Waals surface area contributed by atoms with Crippen LogP contribution in [0.2, 0.25) is 0 Å². The van der Waals surface area contributed by atoms with Crippen molar-refractivity contribution in [1.82, 2.24) is 5.32 Å². The summed E-state index contributed by atoms with van der Waals surface area (Å²) >= 11 is 0. The van der Waals surface area contributed by atoms with Gasteiger partial charge in [0.1, 0.15) is 0 Å². The molecule has 0 saturated carbocycles. The van der Waals surface area contributed by atoms with Gasteiger partial charge < -0.3 is 5.32 Å². The molecule has 1 aliphatic rings. The average molecular weight is 153 g/mol. The molecule has 0 amide bonds. The van der Waals surface area contributed by atoms with E-state index in [1.54, 1.807) is 0 Å². The summed E-state index contributed by atoms with van der Waals surface area (Å²) in [6, 6.07) is 0. The lowest BCUT2D eigenvalue weighted by Crippen LogP contribution is -2.08. The van der Waals surface area contributed by atoms with Gasteiger partial charge in [0.25, 0.3) is 0 Å². The lowest BCUT2D eigenvalue weighted by Gasteiger charge is -1.98. The van der Waals surface area contributed by atoms with Gasteiger partial charge in [0.05, 0.1) is 0 Å². The predicted molar refractivity (Wildman–Crippen MR) is 50.4 cm³/mol. The second kappa shape index (κ2) is 7.63. The van der Waals surface area contributed by atoms with Gasteiger partial charge in [-0.15, -0.1) is 11.8 Å². The molecule has 64 valence electrons. The first-order valence-corrected chi connectivity index (χ1v) is 4.54. The Morgan fingerprint density at radius 2 is 2.18 bits per heavy atom.